The van der Waals surface area contributed by atoms with Crippen molar-refractivity contribution in [3.63, 3.8) is 0 Å². The molecule has 0 N–H and O–H groups in total. The van der Waals surface area contributed by atoms with Gasteiger partial charge >= 0.3 is 11.9 Å². The number of methoxy groups -OCH3 is 1. The average molecular weight is 298 g/mol. The predicted molar refractivity (Wildman–Crippen MR) is 81.8 cm³/mol. The predicted octanol–water partition coefficient (Wildman–Crippen LogP) is 3.87. The van der Waals surface area contributed by atoms with Crippen molar-refractivity contribution in [2.75, 3.05) is 13.7 Å². The Morgan fingerprint density at radius 3 is 2.38 bits per heavy atom. The molecule has 0 aliphatic heterocycles. The first-order chi connectivity index (χ1) is 10.2. The lowest BCUT2D eigenvalue weighted by Gasteiger charge is -2.26. The Morgan fingerprint density at radius 1 is 1.05 bits per heavy atom. The summed E-state index contributed by atoms with van der Waals surface area (Å²) in [6.45, 7) is 2.70. The van der Waals surface area contributed by atoms with Crippen LogP contribution in [0.3, 0.4) is 0 Å². The molecule has 1 rings (SSSR count). The normalized spacial score (nSPS) is 21.8. The van der Waals surface area contributed by atoms with Crippen LogP contribution in [0.25, 0.3) is 0 Å². The fourth-order valence-corrected chi connectivity index (χ4v) is 3.04. The molecular weight excluding hydrogens is 268 g/mol. The molecule has 1 saturated carbocycles. The van der Waals surface area contributed by atoms with E-state index in [1.165, 1.54) is 32.8 Å². The van der Waals surface area contributed by atoms with Gasteiger partial charge in [0.25, 0.3) is 0 Å². The number of hydrogen-bond acceptors (Lipinski definition) is 4. The second kappa shape index (κ2) is 10.6. The van der Waals surface area contributed by atoms with Crippen molar-refractivity contribution < 1.29 is 19.1 Å². The van der Waals surface area contributed by atoms with Crippen molar-refractivity contribution in [3.8, 4) is 0 Å². The summed E-state index contributed by atoms with van der Waals surface area (Å²) >= 11 is 0. The molecular formula is C17H30O4. The molecule has 0 aromatic carbocycles. The molecule has 0 radical (unpaired) electrons. The Balaban J connectivity index is 2.03. The second-order valence-corrected chi connectivity index (χ2v) is 6.06. The minimum atomic E-state index is -0.171. The van der Waals surface area contributed by atoms with Crippen LogP contribution in [0.5, 0.6) is 0 Å². The highest BCUT2D eigenvalue weighted by Crippen LogP contribution is 2.32. The van der Waals surface area contributed by atoms with E-state index in [0.717, 1.165) is 38.0 Å². The maximum absolute atomic E-state index is 12.0. The van der Waals surface area contributed by atoms with Crippen LogP contribution in [0.2, 0.25) is 0 Å². The highest BCUT2D eigenvalue weighted by Gasteiger charge is 2.26. The molecule has 1 fully saturated rings. The van der Waals surface area contributed by atoms with Crippen LogP contribution in [0.4, 0.5) is 0 Å². The molecule has 0 unspecified atom stereocenters. The van der Waals surface area contributed by atoms with E-state index >= 15 is 0 Å². The van der Waals surface area contributed by atoms with Crippen LogP contribution in [-0.4, -0.2) is 25.7 Å². The lowest BCUT2D eigenvalue weighted by Crippen LogP contribution is -2.24. The molecule has 0 spiro atoms. The molecule has 1 aliphatic rings. The highest BCUT2D eigenvalue weighted by atomic mass is 16.5. The number of rotatable bonds is 9. The molecule has 0 aromatic rings. The van der Waals surface area contributed by atoms with Crippen LogP contribution in [0.15, 0.2) is 0 Å². The third-order valence-electron chi connectivity index (χ3n) is 4.37. The molecule has 0 aromatic heterocycles. The van der Waals surface area contributed by atoms with Crippen LogP contribution >= 0.6 is 0 Å². The number of hydrogen-bond donors (Lipinski definition) is 0. The number of carbonyl (C=O) groups excluding carboxylic acids is 2. The Morgan fingerprint density at radius 2 is 1.76 bits per heavy atom. The first-order valence-electron chi connectivity index (χ1n) is 8.40. The first kappa shape index (κ1) is 18.0. The minimum Gasteiger partial charge on any atom is -0.469 e. The van der Waals surface area contributed by atoms with Crippen LogP contribution in [0, 0.1) is 11.8 Å². The highest BCUT2D eigenvalue weighted by molar-refractivity contribution is 5.72. The molecule has 21 heavy (non-hydrogen) atoms. The summed E-state index contributed by atoms with van der Waals surface area (Å²) in [5, 5.41) is 0. The van der Waals surface area contributed by atoms with Crippen LogP contribution in [-0.2, 0) is 19.1 Å². The van der Waals surface area contributed by atoms with Gasteiger partial charge in [0.15, 0.2) is 0 Å². The van der Waals surface area contributed by atoms with Crippen molar-refractivity contribution in [2.45, 2.75) is 71.1 Å². The summed E-state index contributed by atoms with van der Waals surface area (Å²) < 4.78 is 9.93. The van der Waals surface area contributed by atoms with Crippen molar-refractivity contribution in [3.05, 3.63) is 0 Å². The van der Waals surface area contributed by atoms with Gasteiger partial charge in [-0.15, -0.1) is 0 Å². The Hall–Kier alpha value is -1.06. The summed E-state index contributed by atoms with van der Waals surface area (Å²) in [5.74, 6) is 0.749. The van der Waals surface area contributed by atoms with E-state index in [2.05, 4.69) is 11.7 Å². The molecule has 4 nitrogen and oxygen atoms in total. The number of carbonyl (C=O) groups is 2. The van der Waals surface area contributed by atoms with Gasteiger partial charge in [-0.2, -0.15) is 0 Å². The van der Waals surface area contributed by atoms with Gasteiger partial charge < -0.3 is 9.47 Å². The van der Waals surface area contributed by atoms with Gasteiger partial charge in [0.2, 0.25) is 0 Å². The standard InChI is InChI=1S/C17H30O4/c1-3-7-14-9-11-15(12-10-14)17(19)21-13-6-4-5-8-16(18)20-2/h14-15H,3-13H2,1-2H3. The maximum atomic E-state index is 12.0. The summed E-state index contributed by atoms with van der Waals surface area (Å²) in [4.78, 5) is 22.9. The van der Waals surface area contributed by atoms with Gasteiger partial charge in [0.1, 0.15) is 0 Å². The van der Waals surface area contributed by atoms with E-state index in [-0.39, 0.29) is 17.9 Å². The third-order valence-corrected chi connectivity index (χ3v) is 4.37. The quantitative estimate of drug-likeness (QED) is 0.479. The Kier molecular flexibility index (Phi) is 9.11. The molecule has 122 valence electrons. The fourth-order valence-electron chi connectivity index (χ4n) is 3.04. The van der Waals surface area contributed by atoms with Gasteiger partial charge in [-0.25, -0.2) is 0 Å². The van der Waals surface area contributed by atoms with Crippen molar-refractivity contribution in [1.82, 2.24) is 0 Å². The summed E-state index contributed by atoms with van der Waals surface area (Å²) in [5.41, 5.74) is 0. The van der Waals surface area contributed by atoms with Gasteiger partial charge in [0, 0.05) is 6.42 Å². The molecule has 0 atom stereocenters. The van der Waals surface area contributed by atoms with E-state index in [1.54, 1.807) is 0 Å². The van der Waals surface area contributed by atoms with Gasteiger partial charge in [-0.05, 0) is 50.9 Å². The lowest BCUT2D eigenvalue weighted by molar-refractivity contribution is -0.150. The van der Waals surface area contributed by atoms with Gasteiger partial charge in [0.05, 0.1) is 19.6 Å². The fraction of sp³-hybridized carbons (Fsp3) is 0.882. The number of esters is 2. The lowest BCUT2D eigenvalue weighted by atomic mass is 9.80. The zero-order chi connectivity index (χ0) is 15.5. The van der Waals surface area contributed by atoms with E-state index in [9.17, 15) is 9.59 Å². The molecule has 0 amide bonds. The zero-order valence-corrected chi connectivity index (χ0v) is 13.6. The average Bonchev–Trinajstić information content (AvgIpc) is 2.51. The monoisotopic (exact) mass is 298 g/mol. The first-order valence-corrected chi connectivity index (χ1v) is 8.40. The topological polar surface area (TPSA) is 52.6 Å². The largest absolute Gasteiger partial charge is 0.469 e. The van der Waals surface area contributed by atoms with E-state index in [1.807, 2.05) is 0 Å². The van der Waals surface area contributed by atoms with Crippen LogP contribution in [0.1, 0.15) is 71.1 Å². The summed E-state index contributed by atoms with van der Waals surface area (Å²) in [7, 11) is 1.40. The molecule has 0 heterocycles. The second-order valence-electron chi connectivity index (χ2n) is 6.06. The Labute approximate surface area is 128 Å². The molecule has 4 heteroatoms. The Bertz CT molecular complexity index is 306. The molecule has 0 saturated heterocycles. The van der Waals surface area contributed by atoms with Gasteiger partial charge in [-0.1, -0.05) is 19.8 Å². The SMILES string of the molecule is CCCC1CCC(C(=O)OCCCCCC(=O)OC)CC1. The molecule has 0 bridgehead atoms. The smallest absolute Gasteiger partial charge is 0.308 e. The number of ether oxygens (including phenoxy) is 2. The summed E-state index contributed by atoms with van der Waals surface area (Å²) in [6.07, 6.45) is 9.84. The van der Waals surface area contributed by atoms with E-state index in [4.69, 9.17) is 4.74 Å². The third kappa shape index (κ3) is 7.49. The van der Waals surface area contributed by atoms with Crippen molar-refractivity contribution in [2.24, 2.45) is 11.8 Å². The zero-order valence-electron chi connectivity index (χ0n) is 13.6. The van der Waals surface area contributed by atoms with Crippen molar-refractivity contribution >= 4 is 11.9 Å². The minimum absolute atomic E-state index is 0.0158. The van der Waals surface area contributed by atoms with Gasteiger partial charge in [-0.3, -0.25) is 9.59 Å². The summed E-state index contributed by atoms with van der Waals surface area (Å²) in [6, 6.07) is 0. The molecule has 1 aliphatic carbocycles. The van der Waals surface area contributed by atoms with E-state index in [0.29, 0.717) is 13.0 Å². The number of unbranched alkanes of at least 4 members (excludes halogenated alkanes) is 2. The van der Waals surface area contributed by atoms with Crippen molar-refractivity contribution in [1.29, 1.82) is 0 Å². The van der Waals surface area contributed by atoms with Crippen LogP contribution < -0.4 is 0 Å². The van der Waals surface area contributed by atoms with E-state index < -0.39 is 0 Å². The maximum Gasteiger partial charge on any atom is 0.308 e.